The van der Waals surface area contributed by atoms with Crippen LogP contribution >= 0.6 is 11.8 Å². The van der Waals surface area contributed by atoms with Crippen LogP contribution in [0.4, 0.5) is 5.69 Å². The summed E-state index contributed by atoms with van der Waals surface area (Å²) in [5.41, 5.74) is 3.27. The van der Waals surface area contributed by atoms with Gasteiger partial charge in [0.1, 0.15) is 0 Å². The second-order valence-electron chi connectivity index (χ2n) is 7.88. The average Bonchev–Trinajstić information content (AvgIpc) is 2.69. The molecule has 1 aromatic carbocycles. The van der Waals surface area contributed by atoms with E-state index in [0.717, 1.165) is 24.2 Å². The minimum atomic E-state index is -0.122. The fraction of sp³-hybridized carbons (Fsp3) is 0.409. The van der Waals surface area contributed by atoms with Crippen molar-refractivity contribution < 1.29 is 9.59 Å². The molecule has 3 heterocycles. The van der Waals surface area contributed by atoms with E-state index in [0.29, 0.717) is 36.0 Å². The number of carbonyl (C=O) groups excluding carboxylic acids is 2. The van der Waals surface area contributed by atoms with Gasteiger partial charge < -0.3 is 14.8 Å². The molecule has 0 saturated carbocycles. The topological polar surface area (TPSA) is 71.4 Å². The minimum absolute atomic E-state index is 0.0216. The van der Waals surface area contributed by atoms with E-state index < -0.39 is 0 Å². The first-order chi connectivity index (χ1) is 14.0. The van der Waals surface area contributed by atoms with Gasteiger partial charge in [-0.15, -0.1) is 0 Å². The number of nitrogens with one attached hydrogen (secondary N) is 1. The van der Waals surface area contributed by atoms with Crippen molar-refractivity contribution in [3.05, 3.63) is 52.4 Å². The zero-order valence-electron chi connectivity index (χ0n) is 16.7. The molecule has 0 radical (unpaired) electrons. The Balaban J connectivity index is 1.62. The zero-order valence-corrected chi connectivity index (χ0v) is 17.5. The lowest BCUT2D eigenvalue weighted by atomic mass is 9.82. The Morgan fingerprint density at radius 1 is 1.10 bits per heavy atom. The Kier molecular flexibility index (Phi) is 5.50. The highest BCUT2D eigenvalue weighted by Gasteiger charge is 2.36. The van der Waals surface area contributed by atoms with Crippen LogP contribution < -0.4 is 10.9 Å². The van der Waals surface area contributed by atoms with E-state index in [4.69, 9.17) is 0 Å². The van der Waals surface area contributed by atoms with Gasteiger partial charge in [-0.1, -0.05) is 12.1 Å². The van der Waals surface area contributed by atoms with Crippen molar-refractivity contribution in [3.63, 3.8) is 0 Å². The Morgan fingerprint density at radius 2 is 1.86 bits per heavy atom. The highest BCUT2D eigenvalue weighted by molar-refractivity contribution is 7.99. The molecular formula is C22H25N3O3S. The maximum Gasteiger partial charge on any atom is 0.258 e. The third-order valence-corrected chi connectivity index (χ3v) is 6.28. The second kappa shape index (κ2) is 8.06. The summed E-state index contributed by atoms with van der Waals surface area (Å²) in [7, 11) is 0. The molecule has 1 saturated heterocycles. The zero-order chi connectivity index (χ0) is 20.5. The minimum Gasteiger partial charge on any atom is -0.341 e. The predicted molar refractivity (Wildman–Crippen MR) is 116 cm³/mol. The van der Waals surface area contributed by atoms with Crippen molar-refractivity contribution in [2.45, 2.75) is 25.8 Å². The monoisotopic (exact) mass is 411 g/mol. The van der Waals surface area contributed by atoms with E-state index in [9.17, 15) is 14.4 Å². The van der Waals surface area contributed by atoms with Crippen LogP contribution in [0.2, 0.25) is 0 Å². The van der Waals surface area contributed by atoms with Crippen LogP contribution in [0.5, 0.6) is 0 Å². The number of thioether (sulfide) groups is 1. The van der Waals surface area contributed by atoms with Crippen LogP contribution in [-0.4, -0.2) is 46.4 Å². The number of carbonyl (C=O) groups is 2. The van der Waals surface area contributed by atoms with Crippen molar-refractivity contribution in [1.82, 2.24) is 9.47 Å². The number of pyridine rings is 1. The molecular weight excluding hydrogens is 386 g/mol. The number of likely N-dealkylation sites (tertiary alicyclic amines) is 1. The van der Waals surface area contributed by atoms with Gasteiger partial charge in [0.15, 0.2) is 0 Å². The molecule has 1 aromatic heterocycles. The van der Waals surface area contributed by atoms with Gasteiger partial charge in [0.25, 0.3) is 5.56 Å². The van der Waals surface area contributed by atoms with E-state index >= 15 is 0 Å². The van der Waals surface area contributed by atoms with Gasteiger partial charge in [-0.3, -0.25) is 14.4 Å². The standard InChI is InChI=1S/C22H25N3O3S/c1-14(26)23-18-5-3-16(4-6-18)19-7-8-20-17-9-15(11-25(20)22(19)28)10-24(12-17)21(27)13-29-2/h3-8,15,17H,9-13H2,1-2H3,(H,23,26). The number of piperidine rings is 1. The molecule has 2 aliphatic heterocycles. The Labute approximate surface area is 174 Å². The van der Waals surface area contributed by atoms with Gasteiger partial charge in [-0.2, -0.15) is 11.8 Å². The number of fused-ring (bicyclic) bond motifs is 4. The Morgan fingerprint density at radius 3 is 2.55 bits per heavy atom. The summed E-state index contributed by atoms with van der Waals surface area (Å²) in [4.78, 5) is 38.7. The van der Waals surface area contributed by atoms with Crippen molar-refractivity contribution in [2.24, 2.45) is 5.92 Å². The summed E-state index contributed by atoms with van der Waals surface area (Å²) in [6.07, 6.45) is 2.98. The van der Waals surface area contributed by atoms with Crippen LogP contribution in [0.15, 0.2) is 41.2 Å². The van der Waals surface area contributed by atoms with Crippen LogP contribution in [0.3, 0.4) is 0 Å². The van der Waals surface area contributed by atoms with E-state index in [1.165, 1.54) is 6.92 Å². The van der Waals surface area contributed by atoms with Gasteiger partial charge in [0.05, 0.1) is 5.75 Å². The Hall–Kier alpha value is -2.54. The van der Waals surface area contributed by atoms with Gasteiger partial charge in [0.2, 0.25) is 11.8 Å². The van der Waals surface area contributed by atoms with Crippen LogP contribution in [0.25, 0.3) is 11.1 Å². The first-order valence-corrected chi connectivity index (χ1v) is 11.2. The molecule has 2 aliphatic rings. The second-order valence-corrected chi connectivity index (χ2v) is 8.74. The summed E-state index contributed by atoms with van der Waals surface area (Å²) in [6, 6.07) is 11.3. The number of amides is 2. The number of hydrogen-bond donors (Lipinski definition) is 1. The summed E-state index contributed by atoms with van der Waals surface area (Å²) < 4.78 is 1.91. The molecule has 2 atom stereocenters. The molecule has 1 fully saturated rings. The number of rotatable bonds is 4. The molecule has 152 valence electrons. The van der Waals surface area contributed by atoms with Crippen LogP contribution in [0.1, 0.15) is 25.0 Å². The largest absolute Gasteiger partial charge is 0.341 e. The van der Waals surface area contributed by atoms with E-state index in [1.54, 1.807) is 11.8 Å². The number of benzene rings is 1. The van der Waals surface area contributed by atoms with E-state index in [1.807, 2.05) is 52.1 Å². The van der Waals surface area contributed by atoms with Crippen molar-refractivity contribution in [3.8, 4) is 11.1 Å². The molecule has 1 N–H and O–H groups in total. The molecule has 4 rings (SSSR count). The van der Waals surface area contributed by atoms with Gasteiger partial charge >= 0.3 is 0 Å². The van der Waals surface area contributed by atoms with Crippen LogP contribution in [0, 0.1) is 5.92 Å². The quantitative estimate of drug-likeness (QED) is 0.840. The number of anilines is 1. The molecule has 6 nitrogen and oxygen atoms in total. The summed E-state index contributed by atoms with van der Waals surface area (Å²) in [6.45, 7) is 3.56. The predicted octanol–water partition coefficient (Wildman–Crippen LogP) is 2.78. The first-order valence-electron chi connectivity index (χ1n) is 9.84. The highest BCUT2D eigenvalue weighted by atomic mass is 32.2. The molecule has 0 aliphatic carbocycles. The molecule has 7 heteroatoms. The highest BCUT2D eigenvalue weighted by Crippen LogP contribution is 2.36. The lowest BCUT2D eigenvalue weighted by Crippen LogP contribution is -2.49. The lowest BCUT2D eigenvalue weighted by molar-refractivity contribution is -0.131. The van der Waals surface area contributed by atoms with Gasteiger partial charge in [0, 0.05) is 49.4 Å². The van der Waals surface area contributed by atoms with Crippen molar-refractivity contribution >= 4 is 29.3 Å². The molecule has 2 unspecified atom stereocenters. The maximum absolute atomic E-state index is 13.2. The van der Waals surface area contributed by atoms with Gasteiger partial charge in [-0.05, 0) is 48.4 Å². The van der Waals surface area contributed by atoms with E-state index in [2.05, 4.69) is 5.32 Å². The lowest BCUT2D eigenvalue weighted by Gasteiger charge is -2.43. The normalized spacial score (nSPS) is 20.1. The average molecular weight is 412 g/mol. The molecule has 2 bridgehead atoms. The van der Waals surface area contributed by atoms with Crippen molar-refractivity contribution in [2.75, 3.05) is 30.4 Å². The maximum atomic E-state index is 13.2. The third-order valence-electron chi connectivity index (χ3n) is 5.74. The third kappa shape index (κ3) is 3.96. The fourth-order valence-electron chi connectivity index (χ4n) is 4.52. The number of nitrogens with zero attached hydrogens (tertiary/aromatic N) is 2. The SMILES string of the molecule is CSCC(=O)N1CC2CC(C1)c1ccc(-c3ccc(NC(C)=O)cc3)c(=O)n1C2. The van der Waals surface area contributed by atoms with E-state index in [-0.39, 0.29) is 23.3 Å². The Bertz CT molecular complexity index is 999. The fourth-order valence-corrected chi connectivity index (χ4v) is 4.95. The first kappa shape index (κ1) is 19.8. The van der Waals surface area contributed by atoms with Crippen LogP contribution in [-0.2, 0) is 16.1 Å². The molecule has 2 aromatic rings. The number of hydrogen-bond acceptors (Lipinski definition) is 4. The summed E-state index contributed by atoms with van der Waals surface area (Å²) >= 11 is 1.55. The van der Waals surface area contributed by atoms with Crippen molar-refractivity contribution in [1.29, 1.82) is 0 Å². The summed E-state index contributed by atoms with van der Waals surface area (Å²) in [5.74, 6) is 1.13. The molecule has 29 heavy (non-hydrogen) atoms. The molecule has 0 spiro atoms. The van der Waals surface area contributed by atoms with Gasteiger partial charge in [-0.25, -0.2) is 0 Å². The smallest absolute Gasteiger partial charge is 0.258 e. The number of aromatic nitrogens is 1. The molecule has 2 amide bonds. The summed E-state index contributed by atoms with van der Waals surface area (Å²) in [5, 5.41) is 2.74.